The number of hydrogen-bond acceptors (Lipinski definition) is 5. The van der Waals surface area contributed by atoms with E-state index in [1.807, 2.05) is 6.92 Å². The second-order valence-electron chi connectivity index (χ2n) is 4.29. The third-order valence-corrected chi connectivity index (χ3v) is 4.70. The molecule has 0 fully saturated rings. The molecule has 0 saturated carbocycles. The number of nitrogens with one attached hydrogen (secondary N) is 1. The summed E-state index contributed by atoms with van der Waals surface area (Å²) in [7, 11) is -2.39. The van der Waals surface area contributed by atoms with Gasteiger partial charge in [0, 0.05) is 25.6 Å². The van der Waals surface area contributed by atoms with Crippen LogP contribution >= 0.6 is 0 Å². The highest BCUT2D eigenvalue weighted by Gasteiger charge is 2.24. The molecule has 1 aromatic carbocycles. The molecule has 1 aromatic heterocycles. The molecule has 0 aliphatic rings. The number of nitro benzene ring substituents is 1. The molecule has 9 heteroatoms. The molecule has 0 radical (unpaired) electrons. The highest BCUT2D eigenvalue weighted by atomic mass is 32.2. The van der Waals surface area contributed by atoms with Gasteiger partial charge < -0.3 is 4.98 Å². The van der Waals surface area contributed by atoms with Crippen LogP contribution in [-0.2, 0) is 16.4 Å². The first-order chi connectivity index (χ1) is 9.86. The number of aryl methyl sites for hydroxylation is 1. The van der Waals surface area contributed by atoms with Gasteiger partial charge in [-0.2, -0.15) is 8.42 Å². The molecule has 21 heavy (non-hydrogen) atoms. The summed E-state index contributed by atoms with van der Waals surface area (Å²) >= 11 is 0. The molecular formula is C12H14N4O4S. The normalized spacial score (nSPS) is 11.3. The maximum absolute atomic E-state index is 12.4. The van der Waals surface area contributed by atoms with E-state index in [1.54, 1.807) is 0 Å². The second kappa shape index (κ2) is 5.52. The van der Waals surface area contributed by atoms with Crippen molar-refractivity contribution in [3.63, 3.8) is 0 Å². The molecule has 8 nitrogen and oxygen atoms in total. The molecule has 0 amide bonds. The predicted octanol–water partition coefficient (Wildman–Crippen LogP) is 1.71. The number of H-pyrrole nitrogens is 1. The lowest BCUT2D eigenvalue weighted by atomic mass is 10.3. The van der Waals surface area contributed by atoms with Gasteiger partial charge in [-0.25, -0.2) is 4.98 Å². The zero-order valence-electron chi connectivity index (χ0n) is 11.5. The summed E-state index contributed by atoms with van der Waals surface area (Å²) in [5.41, 5.74) is 0.229. The summed E-state index contributed by atoms with van der Waals surface area (Å²) < 4.78 is 25.8. The Morgan fingerprint density at radius 2 is 1.95 bits per heavy atom. The van der Waals surface area contributed by atoms with E-state index in [0.717, 1.165) is 4.31 Å². The van der Waals surface area contributed by atoms with Crippen LogP contribution in [0.15, 0.2) is 35.5 Å². The molecule has 2 aromatic rings. The zero-order valence-corrected chi connectivity index (χ0v) is 12.3. The van der Waals surface area contributed by atoms with E-state index in [-0.39, 0.29) is 10.7 Å². The molecule has 112 valence electrons. The quantitative estimate of drug-likeness (QED) is 0.667. The molecule has 1 N–H and O–H groups in total. The van der Waals surface area contributed by atoms with Crippen molar-refractivity contribution in [2.45, 2.75) is 18.4 Å². The van der Waals surface area contributed by atoms with E-state index in [1.165, 1.54) is 37.5 Å². The van der Waals surface area contributed by atoms with Crippen molar-refractivity contribution in [3.8, 4) is 0 Å². The van der Waals surface area contributed by atoms with Gasteiger partial charge in [0.1, 0.15) is 5.82 Å². The second-order valence-corrected chi connectivity index (χ2v) is 6.23. The molecular weight excluding hydrogens is 296 g/mol. The van der Waals surface area contributed by atoms with Gasteiger partial charge >= 0.3 is 0 Å². The lowest BCUT2D eigenvalue weighted by molar-refractivity contribution is -0.384. The van der Waals surface area contributed by atoms with Crippen molar-refractivity contribution in [1.82, 2.24) is 9.97 Å². The lowest BCUT2D eigenvalue weighted by Crippen LogP contribution is -2.26. The molecule has 0 unspecified atom stereocenters. The van der Waals surface area contributed by atoms with Crippen molar-refractivity contribution >= 4 is 21.4 Å². The number of non-ortho nitro benzene ring substituents is 1. The number of anilines is 1. The van der Waals surface area contributed by atoms with Crippen molar-refractivity contribution in [2.24, 2.45) is 0 Å². The fourth-order valence-electron chi connectivity index (χ4n) is 1.72. The molecule has 1 heterocycles. The fourth-order valence-corrected chi connectivity index (χ4v) is 2.85. The van der Waals surface area contributed by atoms with E-state index in [2.05, 4.69) is 9.97 Å². The Bertz CT molecular complexity index is 752. The van der Waals surface area contributed by atoms with Crippen LogP contribution in [0.1, 0.15) is 12.7 Å². The van der Waals surface area contributed by atoms with Gasteiger partial charge in [0.15, 0.2) is 5.03 Å². The lowest BCUT2D eigenvalue weighted by Gasteiger charge is -2.17. The number of nitrogens with zero attached hydrogens (tertiary/aromatic N) is 3. The number of rotatable bonds is 5. The molecule has 0 spiro atoms. The van der Waals surface area contributed by atoms with Crippen molar-refractivity contribution in [1.29, 1.82) is 0 Å². The van der Waals surface area contributed by atoms with E-state index in [9.17, 15) is 18.5 Å². The summed E-state index contributed by atoms with van der Waals surface area (Å²) in [6.45, 7) is 1.86. The topological polar surface area (TPSA) is 109 Å². The third-order valence-electron chi connectivity index (χ3n) is 3.00. The summed E-state index contributed by atoms with van der Waals surface area (Å²) in [6, 6.07) is 5.27. The maximum atomic E-state index is 12.4. The van der Waals surface area contributed by atoms with Crippen LogP contribution < -0.4 is 4.31 Å². The monoisotopic (exact) mass is 310 g/mol. The minimum atomic E-state index is -3.77. The highest BCUT2D eigenvalue weighted by Crippen LogP contribution is 2.23. The van der Waals surface area contributed by atoms with E-state index < -0.39 is 14.9 Å². The number of aromatic nitrogens is 2. The van der Waals surface area contributed by atoms with Gasteiger partial charge in [0.25, 0.3) is 15.7 Å². The smallest absolute Gasteiger partial charge is 0.281 e. The standard InChI is InChI=1S/C12H14N4O4S/c1-3-11-13-8-12(14-11)21(19,20)15(2)9-4-6-10(7-5-9)16(17)18/h4-8H,3H2,1-2H3,(H,13,14). The first-order valence-corrected chi connectivity index (χ1v) is 7.57. The first kappa shape index (κ1) is 15.0. The van der Waals surface area contributed by atoms with Gasteiger partial charge in [-0.3, -0.25) is 14.4 Å². The summed E-state index contributed by atoms with van der Waals surface area (Å²) in [4.78, 5) is 16.8. The summed E-state index contributed by atoms with van der Waals surface area (Å²) in [6.07, 6.45) is 1.85. The molecule has 0 atom stereocenters. The van der Waals surface area contributed by atoms with E-state index in [0.29, 0.717) is 17.9 Å². The predicted molar refractivity (Wildman–Crippen MR) is 76.7 cm³/mol. The molecule has 0 saturated heterocycles. The summed E-state index contributed by atoms with van der Waals surface area (Å²) in [5, 5.41) is 10.6. The van der Waals surface area contributed by atoms with E-state index >= 15 is 0 Å². The first-order valence-electron chi connectivity index (χ1n) is 6.13. The van der Waals surface area contributed by atoms with Gasteiger partial charge in [-0.05, 0) is 12.1 Å². The Balaban J connectivity index is 2.33. The van der Waals surface area contributed by atoms with Gasteiger partial charge in [0.05, 0.1) is 16.8 Å². The number of nitro groups is 1. The highest BCUT2D eigenvalue weighted by molar-refractivity contribution is 7.92. The Labute approximate surface area is 121 Å². The number of aromatic amines is 1. The summed E-state index contributed by atoms with van der Waals surface area (Å²) in [5.74, 6) is 0.575. The van der Waals surface area contributed by atoms with Crippen molar-refractivity contribution in [3.05, 3.63) is 46.4 Å². The van der Waals surface area contributed by atoms with Gasteiger partial charge in [-0.1, -0.05) is 6.92 Å². The minimum absolute atomic E-state index is 0.0137. The molecule has 2 rings (SSSR count). The minimum Gasteiger partial charge on any atom is -0.332 e. The van der Waals surface area contributed by atoms with E-state index in [4.69, 9.17) is 0 Å². The third kappa shape index (κ3) is 2.87. The number of benzene rings is 1. The molecule has 0 aliphatic heterocycles. The Kier molecular flexibility index (Phi) is 3.94. The molecule has 0 aliphatic carbocycles. The zero-order chi connectivity index (χ0) is 15.6. The largest absolute Gasteiger partial charge is 0.332 e. The van der Waals surface area contributed by atoms with Crippen molar-refractivity contribution in [2.75, 3.05) is 11.4 Å². The van der Waals surface area contributed by atoms with Crippen LogP contribution in [0, 0.1) is 10.1 Å². The van der Waals surface area contributed by atoms with Crippen LogP contribution in [0.25, 0.3) is 0 Å². The van der Waals surface area contributed by atoms with Crippen molar-refractivity contribution < 1.29 is 13.3 Å². The number of imidazole rings is 1. The van der Waals surface area contributed by atoms with Crippen LogP contribution in [-0.4, -0.2) is 30.4 Å². The SMILES string of the molecule is CCc1ncc(S(=O)(=O)N(C)c2ccc([N+](=O)[O-])cc2)[nH]1. The average Bonchev–Trinajstić information content (AvgIpc) is 2.96. The Morgan fingerprint density at radius 1 is 1.33 bits per heavy atom. The van der Waals surface area contributed by atoms with Crippen LogP contribution in [0.2, 0.25) is 0 Å². The van der Waals surface area contributed by atoms with Crippen LogP contribution in [0.5, 0.6) is 0 Å². The molecule has 0 bridgehead atoms. The van der Waals surface area contributed by atoms with Crippen LogP contribution in [0.4, 0.5) is 11.4 Å². The fraction of sp³-hybridized carbons (Fsp3) is 0.250. The average molecular weight is 310 g/mol. The maximum Gasteiger partial charge on any atom is 0.281 e. The van der Waals surface area contributed by atoms with Crippen LogP contribution in [0.3, 0.4) is 0 Å². The van der Waals surface area contributed by atoms with Gasteiger partial charge in [-0.15, -0.1) is 0 Å². The number of hydrogen-bond donors (Lipinski definition) is 1. The number of sulfonamides is 1. The Morgan fingerprint density at radius 3 is 2.43 bits per heavy atom. The van der Waals surface area contributed by atoms with Gasteiger partial charge in [0.2, 0.25) is 0 Å². The Hall–Kier alpha value is -2.42.